The summed E-state index contributed by atoms with van der Waals surface area (Å²) in [7, 11) is 0. The van der Waals surface area contributed by atoms with Crippen LogP contribution in [0.2, 0.25) is 0 Å². The number of imidazole rings is 1. The molecule has 1 aliphatic rings. The molecule has 1 aliphatic heterocycles. The van der Waals surface area contributed by atoms with Gasteiger partial charge in [0.25, 0.3) is 0 Å². The lowest BCUT2D eigenvalue weighted by molar-refractivity contribution is 0.0933. The molecule has 114 valence electrons. The van der Waals surface area contributed by atoms with Crippen molar-refractivity contribution < 1.29 is 4.42 Å². The van der Waals surface area contributed by atoms with E-state index >= 15 is 0 Å². The first-order chi connectivity index (χ1) is 10.8. The fourth-order valence-corrected chi connectivity index (χ4v) is 3.32. The highest BCUT2D eigenvalue weighted by Crippen LogP contribution is 2.35. The van der Waals surface area contributed by atoms with Gasteiger partial charge in [-0.05, 0) is 43.5 Å². The van der Waals surface area contributed by atoms with Crippen molar-refractivity contribution in [3.05, 3.63) is 54.5 Å². The summed E-state index contributed by atoms with van der Waals surface area (Å²) in [5, 5.41) is 0. The Bertz CT molecular complexity index is 716. The van der Waals surface area contributed by atoms with Gasteiger partial charge in [0.2, 0.25) is 5.78 Å². The summed E-state index contributed by atoms with van der Waals surface area (Å²) in [5.41, 5.74) is 1.06. The molecule has 3 aromatic heterocycles. The van der Waals surface area contributed by atoms with E-state index < -0.39 is 0 Å². The Morgan fingerprint density at radius 1 is 1.36 bits per heavy atom. The predicted octanol–water partition coefficient (Wildman–Crippen LogP) is 3.30. The van der Waals surface area contributed by atoms with Crippen molar-refractivity contribution >= 4 is 5.78 Å². The van der Waals surface area contributed by atoms with Crippen LogP contribution >= 0.6 is 0 Å². The molecule has 0 bridgehead atoms. The molecule has 0 spiro atoms. The van der Waals surface area contributed by atoms with Crippen LogP contribution in [-0.4, -0.2) is 25.8 Å². The van der Waals surface area contributed by atoms with Crippen molar-refractivity contribution in [2.24, 2.45) is 5.92 Å². The Kier molecular flexibility index (Phi) is 3.42. The van der Waals surface area contributed by atoms with Crippen LogP contribution in [0, 0.1) is 5.92 Å². The number of fused-ring (bicyclic) bond motifs is 1. The molecule has 2 unspecified atom stereocenters. The van der Waals surface area contributed by atoms with E-state index in [9.17, 15) is 0 Å². The Balaban J connectivity index is 1.59. The number of furan rings is 1. The fourth-order valence-electron chi connectivity index (χ4n) is 3.32. The average molecular weight is 296 g/mol. The quantitative estimate of drug-likeness (QED) is 0.744. The van der Waals surface area contributed by atoms with Gasteiger partial charge in [0, 0.05) is 25.1 Å². The third-order valence-corrected chi connectivity index (χ3v) is 4.50. The molecule has 0 N–H and O–H groups in total. The van der Waals surface area contributed by atoms with E-state index in [0.717, 1.165) is 42.7 Å². The number of rotatable bonds is 3. The molecule has 4 rings (SSSR count). The van der Waals surface area contributed by atoms with Crippen LogP contribution in [0.15, 0.2) is 47.5 Å². The van der Waals surface area contributed by atoms with Crippen LogP contribution in [0.25, 0.3) is 5.78 Å². The number of piperidine rings is 1. The molecule has 1 saturated heterocycles. The zero-order valence-corrected chi connectivity index (χ0v) is 12.7. The molecule has 1 fully saturated rings. The number of hydrogen-bond acceptors (Lipinski definition) is 4. The van der Waals surface area contributed by atoms with E-state index in [-0.39, 0.29) is 0 Å². The highest BCUT2D eigenvalue weighted by Gasteiger charge is 2.29. The summed E-state index contributed by atoms with van der Waals surface area (Å²) >= 11 is 0. The first-order valence-corrected chi connectivity index (χ1v) is 7.85. The summed E-state index contributed by atoms with van der Waals surface area (Å²) in [6.45, 7) is 4.23. The zero-order chi connectivity index (χ0) is 14.9. The number of hydrogen-bond donors (Lipinski definition) is 0. The van der Waals surface area contributed by atoms with E-state index in [4.69, 9.17) is 4.42 Å². The maximum Gasteiger partial charge on any atom is 0.233 e. The SMILES string of the molecule is CC1CCN(Cc2cn3cccnc3n2)C(c2ccco2)C1. The van der Waals surface area contributed by atoms with Gasteiger partial charge in [0.05, 0.1) is 18.0 Å². The predicted molar refractivity (Wildman–Crippen MR) is 83.2 cm³/mol. The van der Waals surface area contributed by atoms with Crippen molar-refractivity contribution in [1.29, 1.82) is 0 Å². The van der Waals surface area contributed by atoms with Gasteiger partial charge in [-0.25, -0.2) is 9.97 Å². The molecule has 3 aromatic rings. The van der Waals surface area contributed by atoms with Crippen LogP contribution in [-0.2, 0) is 6.54 Å². The van der Waals surface area contributed by atoms with E-state index in [2.05, 4.69) is 34.1 Å². The molecule has 0 saturated carbocycles. The van der Waals surface area contributed by atoms with Crippen molar-refractivity contribution in [2.45, 2.75) is 32.4 Å². The molecule has 0 radical (unpaired) electrons. The lowest BCUT2D eigenvalue weighted by Crippen LogP contribution is -2.35. The van der Waals surface area contributed by atoms with E-state index in [0.29, 0.717) is 6.04 Å². The Morgan fingerprint density at radius 3 is 3.14 bits per heavy atom. The third-order valence-electron chi connectivity index (χ3n) is 4.50. The Morgan fingerprint density at radius 2 is 2.32 bits per heavy atom. The summed E-state index contributed by atoms with van der Waals surface area (Å²) in [4.78, 5) is 11.4. The summed E-state index contributed by atoms with van der Waals surface area (Å²) in [5.74, 6) is 2.56. The second-order valence-electron chi connectivity index (χ2n) is 6.19. The first-order valence-electron chi connectivity index (χ1n) is 7.85. The van der Waals surface area contributed by atoms with E-state index in [1.807, 2.05) is 22.7 Å². The lowest BCUT2D eigenvalue weighted by Gasteiger charge is -2.36. The second-order valence-corrected chi connectivity index (χ2v) is 6.19. The third kappa shape index (κ3) is 2.52. The van der Waals surface area contributed by atoms with Gasteiger partial charge in [-0.15, -0.1) is 0 Å². The van der Waals surface area contributed by atoms with Crippen molar-refractivity contribution in [3.63, 3.8) is 0 Å². The Hall–Kier alpha value is -2.14. The highest BCUT2D eigenvalue weighted by atomic mass is 16.3. The normalized spacial score (nSPS) is 23.1. The van der Waals surface area contributed by atoms with Crippen LogP contribution < -0.4 is 0 Å². The molecule has 22 heavy (non-hydrogen) atoms. The molecule has 0 aromatic carbocycles. The molecular formula is C17H20N4O. The first kappa shape index (κ1) is 13.5. The van der Waals surface area contributed by atoms with Gasteiger partial charge in [-0.1, -0.05) is 6.92 Å². The smallest absolute Gasteiger partial charge is 0.233 e. The monoisotopic (exact) mass is 296 g/mol. The molecule has 5 nitrogen and oxygen atoms in total. The van der Waals surface area contributed by atoms with Gasteiger partial charge < -0.3 is 4.42 Å². The Labute approximate surface area is 129 Å². The van der Waals surface area contributed by atoms with Crippen LogP contribution in [0.5, 0.6) is 0 Å². The zero-order valence-electron chi connectivity index (χ0n) is 12.7. The van der Waals surface area contributed by atoms with Gasteiger partial charge >= 0.3 is 0 Å². The van der Waals surface area contributed by atoms with E-state index in [1.165, 1.54) is 6.42 Å². The summed E-state index contributed by atoms with van der Waals surface area (Å²) in [6.07, 6.45) is 9.96. The van der Waals surface area contributed by atoms with Crippen molar-refractivity contribution in [2.75, 3.05) is 6.54 Å². The average Bonchev–Trinajstić information content (AvgIpc) is 3.17. The maximum absolute atomic E-state index is 5.67. The lowest BCUT2D eigenvalue weighted by atomic mass is 9.91. The fraction of sp³-hybridized carbons (Fsp3) is 0.412. The summed E-state index contributed by atoms with van der Waals surface area (Å²) < 4.78 is 7.64. The van der Waals surface area contributed by atoms with Gasteiger partial charge in [-0.2, -0.15) is 0 Å². The van der Waals surface area contributed by atoms with Crippen LogP contribution in [0.3, 0.4) is 0 Å². The minimum atomic E-state index is 0.344. The largest absolute Gasteiger partial charge is 0.468 e. The molecule has 0 amide bonds. The molecular weight excluding hydrogens is 276 g/mol. The number of nitrogens with zero attached hydrogens (tertiary/aromatic N) is 4. The van der Waals surface area contributed by atoms with Gasteiger partial charge in [0.15, 0.2) is 0 Å². The van der Waals surface area contributed by atoms with Gasteiger partial charge in [0.1, 0.15) is 5.76 Å². The molecule has 2 atom stereocenters. The summed E-state index contributed by atoms with van der Waals surface area (Å²) in [6, 6.07) is 6.33. The maximum atomic E-state index is 5.67. The van der Waals surface area contributed by atoms with Gasteiger partial charge in [-0.3, -0.25) is 9.30 Å². The van der Waals surface area contributed by atoms with Crippen LogP contribution in [0.1, 0.15) is 37.3 Å². The number of aromatic nitrogens is 3. The number of likely N-dealkylation sites (tertiary alicyclic amines) is 1. The second kappa shape index (κ2) is 5.57. The molecule has 4 heterocycles. The van der Waals surface area contributed by atoms with Crippen molar-refractivity contribution in [3.8, 4) is 0 Å². The van der Waals surface area contributed by atoms with Crippen LogP contribution in [0.4, 0.5) is 0 Å². The topological polar surface area (TPSA) is 46.6 Å². The highest BCUT2D eigenvalue weighted by molar-refractivity contribution is 5.29. The minimum Gasteiger partial charge on any atom is -0.468 e. The minimum absolute atomic E-state index is 0.344. The molecule has 0 aliphatic carbocycles. The van der Waals surface area contributed by atoms with E-state index in [1.54, 1.807) is 12.5 Å². The molecule has 5 heteroatoms. The standard InChI is InChI=1S/C17H20N4O/c1-13-5-8-20(15(10-13)16-4-2-9-22-16)11-14-12-21-7-3-6-18-17(21)19-14/h2-4,6-7,9,12-13,15H,5,8,10-11H2,1H3. The van der Waals surface area contributed by atoms with Crippen molar-refractivity contribution in [1.82, 2.24) is 19.3 Å².